The van der Waals surface area contributed by atoms with E-state index >= 15 is 0 Å². The first-order valence-electron chi connectivity index (χ1n) is 4.94. The molecule has 2 aromatic rings. The number of rotatable bonds is 3. The molecule has 1 heterocycles. The van der Waals surface area contributed by atoms with Gasteiger partial charge in [0, 0.05) is 13.0 Å². The molecule has 78 valence electrons. The van der Waals surface area contributed by atoms with Crippen LogP contribution in [-0.2, 0) is 6.42 Å². The summed E-state index contributed by atoms with van der Waals surface area (Å²) in [6, 6.07) is 7.36. The van der Waals surface area contributed by atoms with Gasteiger partial charge in [-0.15, -0.1) is 0 Å². The van der Waals surface area contributed by atoms with Crippen molar-refractivity contribution in [1.29, 1.82) is 0 Å². The number of H-pyrrole nitrogens is 1. The van der Waals surface area contributed by atoms with Crippen LogP contribution in [0.15, 0.2) is 29.1 Å². The van der Waals surface area contributed by atoms with Gasteiger partial charge in [0.1, 0.15) is 5.82 Å². The molecule has 0 fully saturated rings. The Morgan fingerprint density at radius 1 is 1.40 bits per heavy atom. The summed E-state index contributed by atoms with van der Waals surface area (Å²) < 4.78 is 0. The Bertz CT molecular complexity index is 518. The fraction of sp³-hybridized carbons (Fsp3) is 0.273. The maximum Gasteiger partial charge on any atom is 0.258 e. The van der Waals surface area contributed by atoms with Gasteiger partial charge >= 0.3 is 0 Å². The number of nitrogens with one attached hydrogen (secondary N) is 2. The van der Waals surface area contributed by atoms with E-state index in [1.54, 1.807) is 6.07 Å². The molecule has 4 heteroatoms. The highest BCUT2D eigenvalue weighted by molar-refractivity contribution is 5.77. The highest BCUT2D eigenvalue weighted by atomic mass is 16.1. The Kier molecular flexibility index (Phi) is 2.78. The molecule has 0 bridgehead atoms. The van der Waals surface area contributed by atoms with E-state index in [1.165, 1.54) is 0 Å². The number of aromatic nitrogens is 2. The molecule has 4 nitrogen and oxygen atoms in total. The minimum Gasteiger partial charge on any atom is -0.319 e. The van der Waals surface area contributed by atoms with Crippen molar-refractivity contribution in [3.05, 3.63) is 40.4 Å². The summed E-state index contributed by atoms with van der Waals surface area (Å²) in [5.41, 5.74) is 0.694. The monoisotopic (exact) mass is 203 g/mol. The van der Waals surface area contributed by atoms with Gasteiger partial charge in [-0.25, -0.2) is 4.98 Å². The van der Waals surface area contributed by atoms with Gasteiger partial charge in [0.15, 0.2) is 0 Å². The summed E-state index contributed by atoms with van der Waals surface area (Å²) in [6.45, 7) is 0.807. The lowest BCUT2D eigenvalue weighted by atomic mass is 10.2. The summed E-state index contributed by atoms with van der Waals surface area (Å²) >= 11 is 0. The fourth-order valence-electron chi connectivity index (χ4n) is 1.50. The maximum absolute atomic E-state index is 11.6. The fourth-order valence-corrected chi connectivity index (χ4v) is 1.50. The number of para-hydroxylation sites is 1. The van der Waals surface area contributed by atoms with E-state index in [2.05, 4.69) is 15.3 Å². The maximum atomic E-state index is 11.6. The lowest BCUT2D eigenvalue weighted by molar-refractivity contribution is 0.756. The van der Waals surface area contributed by atoms with Crippen molar-refractivity contribution in [3.8, 4) is 0 Å². The molecule has 15 heavy (non-hydrogen) atoms. The predicted molar refractivity (Wildman–Crippen MR) is 60.0 cm³/mol. The molecule has 0 aliphatic rings. The molecular formula is C11H13N3O. The van der Waals surface area contributed by atoms with E-state index in [0.717, 1.165) is 24.3 Å². The molecule has 0 atom stereocenters. The SMILES string of the molecule is CNCCc1nc2ccccc2c(=O)[nH]1. The van der Waals surface area contributed by atoms with Crippen LogP contribution >= 0.6 is 0 Å². The number of likely N-dealkylation sites (N-methyl/N-ethyl adjacent to an activating group) is 1. The first kappa shape index (κ1) is 9.86. The number of fused-ring (bicyclic) bond motifs is 1. The van der Waals surface area contributed by atoms with E-state index in [1.807, 2.05) is 25.2 Å². The molecule has 2 rings (SSSR count). The van der Waals surface area contributed by atoms with Crippen molar-refractivity contribution in [2.75, 3.05) is 13.6 Å². The van der Waals surface area contributed by atoms with Crippen molar-refractivity contribution < 1.29 is 0 Å². The molecule has 0 aliphatic heterocycles. The van der Waals surface area contributed by atoms with Crippen LogP contribution in [0.4, 0.5) is 0 Å². The molecule has 0 aliphatic carbocycles. The molecule has 0 saturated heterocycles. The minimum absolute atomic E-state index is 0.0632. The number of nitrogens with zero attached hydrogens (tertiary/aromatic N) is 1. The zero-order chi connectivity index (χ0) is 10.7. The Morgan fingerprint density at radius 2 is 2.20 bits per heavy atom. The quantitative estimate of drug-likeness (QED) is 0.771. The normalized spacial score (nSPS) is 10.7. The lowest BCUT2D eigenvalue weighted by Crippen LogP contribution is -2.17. The van der Waals surface area contributed by atoms with Crippen molar-refractivity contribution in [2.24, 2.45) is 0 Å². The average molecular weight is 203 g/mol. The number of hydrogen-bond acceptors (Lipinski definition) is 3. The lowest BCUT2D eigenvalue weighted by Gasteiger charge is -2.01. The van der Waals surface area contributed by atoms with Crippen molar-refractivity contribution >= 4 is 10.9 Å². The van der Waals surface area contributed by atoms with Gasteiger partial charge in [0.05, 0.1) is 10.9 Å². The smallest absolute Gasteiger partial charge is 0.258 e. The van der Waals surface area contributed by atoms with Crippen LogP contribution in [0.5, 0.6) is 0 Å². The number of hydrogen-bond donors (Lipinski definition) is 2. The summed E-state index contributed by atoms with van der Waals surface area (Å²) in [5.74, 6) is 0.730. The van der Waals surface area contributed by atoms with Gasteiger partial charge in [0.2, 0.25) is 0 Å². The van der Waals surface area contributed by atoms with E-state index in [0.29, 0.717) is 5.39 Å². The summed E-state index contributed by atoms with van der Waals surface area (Å²) in [6.07, 6.45) is 0.733. The van der Waals surface area contributed by atoms with Gasteiger partial charge in [0.25, 0.3) is 5.56 Å². The molecule has 0 amide bonds. The van der Waals surface area contributed by atoms with Crippen LogP contribution < -0.4 is 10.9 Å². The Balaban J connectivity index is 2.48. The summed E-state index contributed by atoms with van der Waals surface area (Å²) in [5, 5.41) is 3.67. The van der Waals surface area contributed by atoms with Crippen LogP contribution in [-0.4, -0.2) is 23.6 Å². The molecule has 0 radical (unpaired) electrons. The van der Waals surface area contributed by atoms with Crippen LogP contribution in [0.1, 0.15) is 5.82 Å². The molecule has 1 aromatic heterocycles. The molecule has 0 unspecified atom stereocenters. The van der Waals surface area contributed by atoms with Crippen molar-refractivity contribution in [1.82, 2.24) is 15.3 Å². The van der Waals surface area contributed by atoms with E-state index in [9.17, 15) is 4.79 Å². The van der Waals surface area contributed by atoms with Gasteiger partial charge in [-0.05, 0) is 19.2 Å². The van der Waals surface area contributed by atoms with Gasteiger partial charge in [-0.1, -0.05) is 12.1 Å². The summed E-state index contributed by atoms with van der Waals surface area (Å²) in [7, 11) is 1.87. The van der Waals surface area contributed by atoms with Crippen LogP contribution in [0.3, 0.4) is 0 Å². The highest BCUT2D eigenvalue weighted by Gasteiger charge is 2.01. The van der Waals surface area contributed by atoms with Crippen LogP contribution in [0.2, 0.25) is 0 Å². The van der Waals surface area contributed by atoms with Gasteiger partial charge in [-0.2, -0.15) is 0 Å². The Hall–Kier alpha value is -1.68. The minimum atomic E-state index is -0.0632. The topological polar surface area (TPSA) is 57.8 Å². The van der Waals surface area contributed by atoms with E-state index in [4.69, 9.17) is 0 Å². The molecule has 2 N–H and O–H groups in total. The molecular weight excluding hydrogens is 190 g/mol. The Labute approximate surface area is 87.4 Å². The standard InChI is InChI=1S/C11H13N3O/c1-12-7-6-10-13-9-5-3-2-4-8(9)11(15)14-10/h2-5,12H,6-7H2,1H3,(H,13,14,15). The third-order valence-corrected chi connectivity index (χ3v) is 2.27. The molecule has 0 spiro atoms. The van der Waals surface area contributed by atoms with E-state index in [-0.39, 0.29) is 5.56 Å². The van der Waals surface area contributed by atoms with Gasteiger partial charge < -0.3 is 10.3 Å². The van der Waals surface area contributed by atoms with E-state index < -0.39 is 0 Å². The average Bonchev–Trinajstić information content (AvgIpc) is 2.26. The van der Waals surface area contributed by atoms with Crippen molar-refractivity contribution in [2.45, 2.75) is 6.42 Å². The largest absolute Gasteiger partial charge is 0.319 e. The summed E-state index contributed by atoms with van der Waals surface area (Å²) in [4.78, 5) is 18.8. The van der Waals surface area contributed by atoms with Crippen molar-refractivity contribution in [3.63, 3.8) is 0 Å². The first-order valence-corrected chi connectivity index (χ1v) is 4.94. The predicted octanol–water partition coefficient (Wildman–Crippen LogP) is 0.685. The second-order valence-electron chi connectivity index (χ2n) is 3.38. The third kappa shape index (κ3) is 2.05. The van der Waals surface area contributed by atoms with Gasteiger partial charge in [-0.3, -0.25) is 4.79 Å². The first-order chi connectivity index (χ1) is 7.31. The Morgan fingerprint density at radius 3 is 3.00 bits per heavy atom. The molecule has 0 saturated carbocycles. The zero-order valence-electron chi connectivity index (χ0n) is 8.58. The van der Waals surface area contributed by atoms with Crippen LogP contribution in [0, 0.1) is 0 Å². The number of benzene rings is 1. The third-order valence-electron chi connectivity index (χ3n) is 2.27. The molecule has 1 aromatic carbocycles. The second-order valence-corrected chi connectivity index (χ2v) is 3.38. The van der Waals surface area contributed by atoms with Crippen LogP contribution in [0.25, 0.3) is 10.9 Å². The zero-order valence-corrected chi connectivity index (χ0v) is 8.58. The number of aromatic amines is 1. The highest BCUT2D eigenvalue weighted by Crippen LogP contribution is 2.05. The second kappa shape index (κ2) is 4.23.